The van der Waals surface area contributed by atoms with Gasteiger partial charge in [0, 0.05) is 28.2 Å². The molecule has 3 heteroatoms. The number of hydrogen-bond acceptors (Lipinski definition) is 1. The summed E-state index contributed by atoms with van der Waals surface area (Å²) in [4.78, 5) is 18.7. The number of nitrogens with zero attached hydrogens (tertiary/aromatic N) is 1. The van der Waals surface area contributed by atoms with Crippen LogP contribution in [0.2, 0.25) is 0 Å². The number of anilines is 1. The Balaban J connectivity index is 1.69. The molecule has 0 spiro atoms. The zero-order chi connectivity index (χ0) is 18.2. The maximum atomic E-state index is 13.5. The first-order valence-corrected chi connectivity index (χ1v) is 9.05. The fraction of sp³-hybridized carbons (Fsp3) is 0.0417. The minimum Gasteiger partial charge on any atom is -0.361 e. The summed E-state index contributed by atoms with van der Waals surface area (Å²) in [6.07, 6.45) is 6.23. The van der Waals surface area contributed by atoms with Gasteiger partial charge in [-0.1, -0.05) is 66.7 Å². The van der Waals surface area contributed by atoms with Crippen molar-refractivity contribution >= 4 is 28.6 Å². The standard InChI is InChI=1S/C24H18N2O/c27-24(18-9-2-1-3-10-18)26-22-13-7-4-8-17(22)14-15-23(26)20-16-25-21-12-6-5-11-19(20)21/h1-16,23,25H. The van der Waals surface area contributed by atoms with Crippen molar-refractivity contribution in [3.63, 3.8) is 0 Å². The van der Waals surface area contributed by atoms with Crippen LogP contribution < -0.4 is 4.90 Å². The highest BCUT2D eigenvalue weighted by Gasteiger charge is 2.31. The van der Waals surface area contributed by atoms with Gasteiger partial charge in [0.2, 0.25) is 0 Å². The summed E-state index contributed by atoms with van der Waals surface area (Å²) < 4.78 is 0. The number of aromatic nitrogens is 1. The normalized spacial score (nSPS) is 15.7. The van der Waals surface area contributed by atoms with Crippen LogP contribution in [-0.4, -0.2) is 10.9 Å². The Hall–Kier alpha value is -3.59. The molecule has 1 atom stereocenters. The second kappa shape index (κ2) is 6.29. The Morgan fingerprint density at radius 3 is 2.48 bits per heavy atom. The SMILES string of the molecule is O=C(c1ccccc1)N1c2ccccc2C=CC1c1c[nH]c2ccccc12. The van der Waals surface area contributed by atoms with Gasteiger partial charge in [0.15, 0.2) is 0 Å². The van der Waals surface area contributed by atoms with E-state index in [1.807, 2.05) is 77.8 Å². The van der Waals surface area contributed by atoms with E-state index in [2.05, 4.69) is 29.3 Å². The lowest BCUT2D eigenvalue weighted by Crippen LogP contribution is -2.36. The summed E-state index contributed by atoms with van der Waals surface area (Å²) in [5.74, 6) is 0.00248. The first kappa shape index (κ1) is 15.6. The number of H-pyrrole nitrogens is 1. The topological polar surface area (TPSA) is 36.1 Å². The maximum Gasteiger partial charge on any atom is 0.259 e. The zero-order valence-electron chi connectivity index (χ0n) is 14.7. The maximum absolute atomic E-state index is 13.5. The largest absolute Gasteiger partial charge is 0.361 e. The van der Waals surface area contributed by atoms with Crippen LogP contribution in [0.5, 0.6) is 0 Å². The lowest BCUT2D eigenvalue weighted by atomic mass is 9.96. The van der Waals surface area contributed by atoms with Crippen LogP contribution in [0, 0.1) is 0 Å². The van der Waals surface area contributed by atoms with Crippen molar-refractivity contribution in [1.29, 1.82) is 0 Å². The molecule has 3 aromatic carbocycles. The van der Waals surface area contributed by atoms with Crippen LogP contribution in [0.25, 0.3) is 17.0 Å². The van der Waals surface area contributed by atoms with Crippen LogP contribution in [0.15, 0.2) is 91.1 Å². The molecule has 1 aliphatic heterocycles. The fourth-order valence-corrected chi connectivity index (χ4v) is 3.82. The van der Waals surface area contributed by atoms with Crippen LogP contribution in [0.1, 0.15) is 27.5 Å². The van der Waals surface area contributed by atoms with E-state index in [0.29, 0.717) is 5.56 Å². The molecule has 1 amide bonds. The van der Waals surface area contributed by atoms with Crippen LogP contribution in [-0.2, 0) is 0 Å². The molecule has 1 aliphatic rings. The van der Waals surface area contributed by atoms with E-state index < -0.39 is 0 Å². The zero-order valence-corrected chi connectivity index (χ0v) is 14.7. The molecular formula is C24H18N2O. The van der Waals surface area contributed by atoms with Gasteiger partial charge in [0.1, 0.15) is 0 Å². The molecule has 0 fully saturated rings. The summed E-state index contributed by atoms with van der Waals surface area (Å²) in [7, 11) is 0. The van der Waals surface area contributed by atoms with E-state index in [0.717, 1.165) is 27.7 Å². The number of fused-ring (bicyclic) bond motifs is 2. The predicted molar refractivity (Wildman–Crippen MR) is 110 cm³/mol. The smallest absolute Gasteiger partial charge is 0.259 e. The van der Waals surface area contributed by atoms with Gasteiger partial charge in [-0.2, -0.15) is 0 Å². The number of carbonyl (C=O) groups excluding carboxylic acids is 1. The molecule has 0 radical (unpaired) electrons. The van der Waals surface area contributed by atoms with E-state index in [1.165, 1.54) is 0 Å². The molecule has 27 heavy (non-hydrogen) atoms. The van der Waals surface area contributed by atoms with E-state index in [-0.39, 0.29) is 11.9 Å². The molecule has 0 saturated heterocycles. The molecule has 0 aliphatic carbocycles. The summed E-state index contributed by atoms with van der Waals surface area (Å²) in [6.45, 7) is 0. The van der Waals surface area contributed by atoms with E-state index in [9.17, 15) is 4.79 Å². The molecule has 3 nitrogen and oxygen atoms in total. The van der Waals surface area contributed by atoms with Crippen molar-refractivity contribution in [3.05, 3.63) is 108 Å². The van der Waals surface area contributed by atoms with Crippen LogP contribution >= 0.6 is 0 Å². The van der Waals surface area contributed by atoms with Gasteiger partial charge in [-0.25, -0.2) is 0 Å². The van der Waals surface area contributed by atoms with Crippen molar-refractivity contribution in [3.8, 4) is 0 Å². The van der Waals surface area contributed by atoms with Crippen LogP contribution in [0.4, 0.5) is 5.69 Å². The molecule has 5 rings (SSSR count). The third-order valence-electron chi connectivity index (χ3n) is 5.11. The number of carbonyl (C=O) groups is 1. The molecule has 1 aromatic heterocycles. The second-order valence-electron chi connectivity index (χ2n) is 6.69. The predicted octanol–water partition coefficient (Wildman–Crippen LogP) is 5.58. The summed E-state index contributed by atoms with van der Waals surface area (Å²) in [5.41, 5.74) is 4.85. The molecule has 130 valence electrons. The summed E-state index contributed by atoms with van der Waals surface area (Å²) in [5, 5.41) is 1.14. The Kier molecular flexibility index (Phi) is 3.65. The molecule has 2 heterocycles. The van der Waals surface area contributed by atoms with Crippen molar-refractivity contribution in [2.45, 2.75) is 6.04 Å². The van der Waals surface area contributed by atoms with Gasteiger partial charge >= 0.3 is 0 Å². The molecule has 1 N–H and O–H groups in total. The van der Waals surface area contributed by atoms with Crippen LogP contribution in [0.3, 0.4) is 0 Å². The molecule has 0 bridgehead atoms. The second-order valence-corrected chi connectivity index (χ2v) is 6.69. The average Bonchev–Trinajstić information content (AvgIpc) is 3.17. The average molecular weight is 350 g/mol. The Morgan fingerprint density at radius 2 is 1.59 bits per heavy atom. The molecule has 0 saturated carbocycles. The Labute approximate surface area is 157 Å². The number of hydrogen-bond donors (Lipinski definition) is 1. The Morgan fingerprint density at radius 1 is 0.852 bits per heavy atom. The van der Waals surface area contributed by atoms with E-state index >= 15 is 0 Å². The minimum absolute atomic E-state index is 0.00248. The Bertz CT molecular complexity index is 1160. The quantitative estimate of drug-likeness (QED) is 0.503. The lowest BCUT2D eigenvalue weighted by Gasteiger charge is -2.34. The number of para-hydroxylation sites is 2. The molecule has 4 aromatic rings. The lowest BCUT2D eigenvalue weighted by molar-refractivity contribution is 0.0980. The number of benzene rings is 3. The number of aromatic amines is 1. The summed E-state index contributed by atoms with van der Waals surface area (Å²) in [6, 6.07) is 25.6. The van der Waals surface area contributed by atoms with Crippen molar-refractivity contribution in [1.82, 2.24) is 4.98 Å². The van der Waals surface area contributed by atoms with Gasteiger partial charge in [-0.3, -0.25) is 9.69 Å². The van der Waals surface area contributed by atoms with Crippen molar-refractivity contribution in [2.24, 2.45) is 0 Å². The first-order chi connectivity index (χ1) is 13.3. The van der Waals surface area contributed by atoms with E-state index in [4.69, 9.17) is 0 Å². The van der Waals surface area contributed by atoms with E-state index in [1.54, 1.807) is 0 Å². The number of rotatable bonds is 2. The highest BCUT2D eigenvalue weighted by atomic mass is 16.2. The van der Waals surface area contributed by atoms with Gasteiger partial charge < -0.3 is 4.98 Å². The van der Waals surface area contributed by atoms with Gasteiger partial charge in [-0.15, -0.1) is 0 Å². The molecular weight excluding hydrogens is 332 g/mol. The summed E-state index contributed by atoms with van der Waals surface area (Å²) >= 11 is 0. The minimum atomic E-state index is -0.163. The van der Waals surface area contributed by atoms with Crippen molar-refractivity contribution < 1.29 is 4.79 Å². The third kappa shape index (κ3) is 2.56. The van der Waals surface area contributed by atoms with Crippen molar-refractivity contribution in [2.75, 3.05) is 4.90 Å². The molecule has 1 unspecified atom stereocenters. The fourth-order valence-electron chi connectivity index (χ4n) is 3.82. The number of amides is 1. The van der Waals surface area contributed by atoms with Gasteiger partial charge in [0.25, 0.3) is 5.91 Å². The monoisotopic (exact) mass is 350 g/mol. The highest BCUT2D eigenvalue weighted by molar-refractivity contribution is 6.09. The third-order valence-corrected chi connectivity index (χ3v) is 5.11. The number of nitrogens with one attached hydrogen (secondary N) is 1. The first-order valence-electron chi connectivity index (χ1n) is 9.05. The van der Waals surface area contributed by atoms with Gasteiger partial charge in [-0.05, 0) is 29.8 Å². The van der Waals surface area contributed by atoms with Gasteiger partial charge in [0.05, 0.1) is 11.7 Å². The highest BCUT2D eigenvalue weighted by Crippen LogP contribution is 2.39.